The van der Waals surface area contributed by atoms with Crippen LogP contribution in [0.2, 0.25) is 15.1 Å². The van der Waals surface area contributed by atoms with Crippen LogP contribution < -0.4 is 5.32 Å². The second-order valence-corrected chi connectivity index (χ2v) is 5.38. The standard InChI is InChI=1S/C13H6Cl3F3N2O/c14-7-1-2-9(15)8(4-7)12(22)21-11-10(16)3-6(5-20-11)13(17,18)19/h1-5H,(H,20,21,22). The van der Waals surface area contributed by atoms with E-state index in [9.17, 15) is 18.0 Å². The highest BCUT2D eigenvalue weighted by atomic mass is 35.5. The number of rotatable bonds is 2. The van der Waals surface area contributed by atoms with Gasteiger partial charge >= 0.3 is 6.18 Å². The molecule has 0 aliphatic carbocycles. The number of nitrogens with one attached hydrogen (secondary N) is 1. The molecule has 2 rings (SSSR count). The molecule has 0 fully saturated rings. The first-order chi connectivity index (χ1) is 10.2. The fourth-order valence-corrected chi connectivity index (χ4v) is 2.12. The normalized spacial score (nSPS) is 11.4. The minimum Gasteiger partial charge on any atom is -0.305 e. The smallest absolute Gasteiger partial charge is 0.305 e. The number of hydrogen-bond donors (Lipinski definition) is 1. The molecule has 0 bridgehead atoms. The highest BCUT2D eigenvalue weighted by Gasteiger charge is 2.31. The van der Waals surface area contributed by atoms with Gasteiger partial charge in [0.05, 0.1) is 21.2 Å². The van der Waals surface area contributed by atoms with Crippen molar-refractivity contribution < 1.29 is 18.0 Å². The van der Waals surface area contributed by atoms with Gasteiger partial charge in [-0.3, -0.25) is 4.79 Å². The molecule has 3 nitrogen and oxygen atoms in total. The van der Waals surface area contributed by atoms with E-state index in [-0.39, 0.29) is 26.4 Å². The average molecular weight is 370 g/mol. The first kappa shape index (κ1) is 16.9. The van der Waals surface area contributed by atoms with E-state index in [2.05, 4.69) is 10.3 Å². The van der Waals surface area contributed by atoms with Crippen LogP contribution in [0.1, 0.15) is 15.9 Å². The van der Waals surface area contributed by atoms with E-state index in [0.717, 1.165) is 0 Å². The Balaban J connectivity index is 2.27. The summed E-state index contributed by atoms with van der Waals surface area (Å²) in [6.45, 7) is 0. The number of carbonyl (C=O) groups is 1. The highest BCUT2D eigenvalue weighted by Crippen LogP contribution is 2.32. The highest BCUT2D eigenvalue weighted by molar-refractivity contribution is 6.37. The van der Waals surface area contributed by atoms with E-state index < -0.39 is 17.6 Å². The monoisotopic (exact) mass is 368 g/mol. The van der Waals surface area contributed by atoms with Gasteiger partial charge in [0, 0.05) is 11.2 Å². The number of nitrogens with zero attached hydrogens (tertiary/aromatic N) is 1. The van der Waals surface area contributed by atoms with E-state index in [4.69, 9.17) is 34.8 Å². The van der Waals surface area contributed by atoms with Crippen molar-refractivity contribution in [2.75, 3.05) is 5.32 Å². The zero-order valence-electron chi connectivity index (χ0n) is 10.5. The first-order valence-electron chi connectivity index (χ1n) is 5.67. The zero-order chi connectivity index (χ0) is 16.5. The topological polar surface area (TPSA) is 42.0 Å². The van der Waals surface area contributed by atoms with Crippen molar-refractivity contribution >= 4 is 46.5 Å². The number of amides is 1. The molecule has 0 atom stereocenters. The lowest BCUT2D eigenvalue weighted by Crippen LogP contribution is -2.15. The van der Waals surface area contributed by atoms with Crippen molar-refractivity contribution in [2.24, 2.45) is 0 Å². The summed E-state index contributed by atoms with van der Waals surface area (Å²) in [6.07, 6.45) is -4.00. The summed E-state index contributed by atoms with van der Waals surface area (Å²) in [5, 5.41) is 2.34. The first-order valence-corrected chi connectivity index (χ1v) is 6.81. The summed E-state index contributed by atoms with van der Waals surface area (Å²) in [5.41, 5.74) is -0.969. The van der Waals surface area contributed by atoms with Crippen molar-refractivity contribution in [3.8, 4) is 0 Å². The Morgan fingerprint density at radius 1 is 1.09 bits per heavy atom. The molecule has 0 aliphatic heterocycles. The fraction of sp³-hybridized carbons (Fsp3) is 0.0769. The third-order valence-electron chi connectivity index (χ3n) is 2.57. The summed E-state index contributed by atoms with van der Waals surface area (Å²) in [5.74, 6) is -0.905. The van der Waals surface area contributed by atoms with Crippen LogP contribution in [0.4, 0.5) is 19.0 Å². The fourth-order valence-electron chi connectivity index (χ4n) is 1.53. The second-order valence-electron chi connectivity index (χ2n) is 4.13. The minimum atomic E-state index is -4.57. The number of carbonyl (C=O) groups excluding carboxylic acids is 1. The lowest BCUT2D eigenvalue weighted by Gasteiger charge is -2.10. The van der Waals surface area contributed by atoms with E-state index in [1.54, 1.807) is 0 Å². The molecular formula is C13H6Cl3F3N2O. The van der Waals surface area contributed by atoms with Crippen molar-refractivity contribution in [3.05, 3.63) is 56.7 Å². The van der Waals surface area contributed by atoms with Crippen molar-refractivity contribution in [3.63, 3.8) is 0 Å². The quantitative estimate of drug-likeness (QED) is 0.779. The van der Waals surface area contributed by atoms with Gasteiger partial charge in [-0.05, 0) is 24.3 Å². The van der Waals surface area contributed by atoms with Gasteiger partial charge in [-0.2, -0.15) is 13.2 Å². The van der Waals surface area contributed by atoms with Crippen LogP contribution in [0.3, 0.4) is 0 Å². The predicted molar refractivity (Wildman–Crippen MR) is 78.7 cm³/mol. The predicted octanol–water partition coefficient (Wildman–Crippen LogP) is 5.31. The average Bonchev–Trinajstić information content (AvgIpc) is 2.42. The Bertz CT molecular complexity index is 735. The Morgan fingerprint density at radius 2 is 1.77 bits per heavy atom. The van der Waals surface area contributed by atoms with Crippen LogP contribution in [0, 0.1) is 0 Å². The molecule has 22 heavy (non-hydrogen) atoms. The Morgan fingerprint density at radius 3 is 2.36 bits per heavy atom. The summed E-state index contributed by atoms with van der Waals surface area (Å²) in [6, 6.07) is 4.89. The zero-order valence-corrected chi connectivity index (χ0v) is 12.8. The molecule has 0 unspecified atom stereocenters. The summed E-state index contributed by atoms with van der Waals surface area (Å²) in [4.78, 5) is 15.5. The Kier molecular flexibility index (Phi) is 4.84. The summed E-state index contributed by atoms with van der Waals surface area (Å²) < 4.78 is 37.5. The third-order valence-corrected chi connectivity index (χ3v) is 3.43. The number of aromatic nitrogens is 1. The van der Waals surface area contributed by atoms with Crippen LogP contribution in [-0.2, 0) is 6.18 Å². The maximum Gasteiger partial charge on any atom is 0.417 e. The molecule has 0 spiro atoms. The van der Waals surface area contributed by atoms with Gasteiger partial charge in [0.25, 0.3) is 5.91 Å². The van der Waals surface area contributed by atoms with Crippen LogP contribution in [0.15, 0.2) is 30.5 Å². The Hall–Kier alpha value is -1.50. The molecule has 0 saturated heterocycles. The van der Waals surface area contributed by atoms with Gasteiger partial charge in [-0.1, -0.05) is 34.8 Å². The molecule has 1 aromatic heterocycles. The molecule has 1 N–H and O–H groups in total. The molecule has 1 aromatic carbocycles. The lowest BCUT2D eigenvalue weighted by atomic mass is 10.2. The van der Waals surface area contributed by atoms with Gasteiger partial charge in [0.1, 0.15) is 0 Å². The van der Waals surface area contributed by atoms with Crippen molar-refractivity contribution in [2.45, 2.75) is 6.18 Å². The number of anilines is 1. The number of alkyl halides is 3. The van der Waals surface area contributed by atoms with Crippen LogP contribution in [-0.4, -0.2) is 10.9 Å². The van der Waals surface area contributed by atoms with Gasteiger partial charge < -0.3 is 5.32 Å². The number of hydrogen-bond acceptors (Lipinski definition) is 2. The van der Waals surface area contributed by atoms with E-state index in [0.29, 0.717) is 12.3 Å². The van der Waals surface area contributed by atoms with Gasteiger partial charge in [-0.15, -0.1) is 0 Å². The molecule has 1 heterocycles. The molecular weight excluding hydrogens is 364 g/mol. The third kappa shape index (κ3) is 3.82. The van der Waals surface area contributed by atoms with Gasteiger partial charge in [-0.25, -0.2) is 4.98 Å². The molecule has 0 saturated carbocycles. The van der Waals surface area contributed by atoms with Crippen LogP contribution in [0.5, 0.6) is 0 Å². The van der Waals surface area contributed by atoms with E-state index in [1.807, 2.05) is 0 Å². The van der Waals surface area contributed by atoms with Gasteiger partial charge in [0.15, 0.2) is 5.82 Å². The van der Waals surface area contributed by atoms with Crippen LogP contribution in [0.25, 0.3) is 0 Å². The molecule has 116 valence electrons. The maximum atomic E-state index is 12.5. The SMILES string of the molecule is O=C(Nc1ncc(C(F)(F)F)cc1Cl)c1cc(Cl)ccc1Cl. The lowest BCUT2D eigenvalue weighted by molar-refractivity contribution is -0.137. The maximum absolute atomic E-state index is 12.5. The molecule has 0 radical (unpaired) electrons. The molecule has 1 amide bonds. The number of halogens is 6. The number of pyridine rings is 1. The molecule has 0 aliphatic rings. The Labute approximate surface area is 138 Å². The minimum absolute atomic E-state index is 0.0481. The largest absolute Gasteiger partial charge is 0.417 e. The second kappa shape index (κ2) is 6.32. The molecule has 2 aromatic rings. The summed E-state index contributed by atoms with van der Waals surface area (Å²) >= 11 is 17.3. The van der Waals surface area contributed by atoms with Crippen molar-refractivity contribution in [1.29, 1.82) is 0 Å². The van der Waals surface area contributed by atoms with Crippen molar-refractivity contribution in [1.82, 2.24) is 4.98 Å². The number of benzene rings is 1. The van der Waals surface area contributed by atoms with E-state index >= 15 is 0 Å². The summed E-state index contributed by atoms with van der Waals surface area (Å²) in [7, 11) is 0. The van der Waals surface area contributed by atoms with E-state index in [1.165, 1.54) is 18.2 Å². The van der Waals surface area contributed by atoms with Gasteiger partial charge in [0.2, 0.25) is 0 Å². The molecule has 9 heteroatoms. The van der Waals surface area contributed by atoms with Crippen LogP contribution >= 0.6 is 34.8 Å².